The van der Waals surface area contributed by atoms with E-state index in [1.54, 1.807) is 23.1 Å². The SMILES string of the molecule is O=C(CN1CCN(C(=O)/C=C/c2ccc(Br)cc2)CC1)Nc1ccccc1Cl. The van der Waals surface area contributed by atoms with Crippen molar-refractivity contribution in [1.82, 2.24) is 9.80 Å². The van der Waals surface area contributed by atoms with Crippen LogP contribution in [0.3, 0.4) is 0 Å². The van der Waals surface area contributed by atoms with Crippen LogP contribution in [0.5, 0.6) is 0 Å². The lowest BCUT2D eigenvalue weighted by molar-refractivity contribution is -0.127. The maximum Gasteiger partial charge on any atom is 0.246 e. The summed E-state index contributed by atoms with van der Waals surface area (Å²) < 4.78 is 1.01. The molecule has 3 rings (SSSR count). The maximum absolute atomic E-state index is 12.4. The van der Waals surface area contributed by atoms with Crippen molar-refractivity contribution in [2.24, 2.45) is 0 Å². The molecule has 1 saturated heterocycles. The highest BCUT2D eigenvalue weighted by Gasteiger charge is 2.21. The quantitative estimate of drug-likeness (QED) is 0.686. The van der Waals surface area contributed by atoms with Gasteiger partial charge in [0.1, 0.15) is 0 Å². The molecule has 1 aliphatic heterocycles. The Morgan fingerprint density at radius 2 is 1.71 bits per heavy atom. The van der Waals surface area contributed by atoms with Crippen molar-refractivity contribution >= 4 is 51.1 Å². The zero-order valence-electron chi connectivity index (χ0n) is 15.3. The highest BCUT2D eigenvalue weighted by molar-refractivity contribution is 9.10. The van der Waals surface area contributed by atoms with Gasteiger partial charge in [0.15, 0.2) is 0 Å². The number of nitrogens with one attached hydrogen (secondary N) is 1. The van der Waals surface area contributed by atoms with Crippen LogP contribution < -0.4 is 5.32 Å². The number of nitrogens with zero attached hydrogens (tertiary/aromatic N) is 2. The lowest BCUT2D eigenvalue weighted by atomic mass is 10.2. The third-order valence-electron chi connectivity index (χ3n) is 4.49. The molecule has 7 heteroatoms. The highest BCUT2D eigenvalue weighted by atomic mass is 79.9. The van der Waals surface area contributed by atoms with Gasteiger partial charge in [-0.3, -0.25) is 14.5 Å². The van der Waals surface area contributed by atoms with Crippen LogP contribution in [-0.2, 0) is 9.59 Å². The minimum Gasteiger partial charge on any atom is -0.337 e. The molecule has 1 aliphatic rings. The Morgan fingerprint density at radius 3 is 2.39 bits per heavy atom. The van der Waals surface area contributed by atoms with Crippen molar-refractivity contribution in [2.45, 2.75) is 0 Å². The predicted octanol–water partition coefficient (Wildman–Crippen LogP) is 3.90. The number of rotatable bonds is 5. The molecule has 0 aromatic heterocycles. The molecule has 0 bridgehead atoms. The largest absolute Gasteiger partial charge is 0.337 e. The summed E-state index contributed by atoms with van der Waals surface area (Å²) in [6.45, 7) is 2.80. The average Bonchev–Trinajstić information content (AvgIpc) is 2.69. The molecule has 2 aromatic carbocycles. The number of hydrogen-bond acceptors (Lipinski definition) is 3. The van der Waals surface area contributed by atoms with E-state index in [-0.39, 0.29) is 18.4 Å². The van der Waals surface area contributed by atoms with Gasteiger partial charge in [-0.05, 0) is 35.9 Å². The van der Waals surface area contributed by atoms with Crippen molar-refractivity contribution in [1.29, 1.82) is 0 Å². The fourth-order valence-corrected chi connectivity index (χ4v) is 3.38. The van der Waals surface area contributed by atoms with Crippen LogP contribution >= 0.6 is 27.5 Å². The van der Waals surface area contributed by atoms with Crippen LogP contribution in [0.4, 0.5) is 5.69 Å². The van der Waals surface area contributed by atoms with Crippen molar-refractivity contribution in [2.75, 3.05) is 38.0 Å². The Labute approximate surface area is 178 Å². The number of halogens is 2. The van der Waals surface area contributed by atoms with E-state index in [1.807, 2.05) is 47.4 Å². The minimum absolute atomic E-state index is 0.0110. The van der Waals surface area contributed by atoms with Crippen molar-refractivity contribution in [3.8, 4) is 0 Å². The van der Waals surface area contributed by atoms with Gasteiger partial charge in [0.25, 0.3) is 0 Å². The van der Waals surface area contributed by atoms with Crippen molar-refractivity contribution < 1.29 is 9.59 Å². The molecule has 0 unspecified atom stereocenters. The summed E-state index contributed by atoms with van der Waals surface area (Å²) in [5, 5.41) is 3.34. The molecule has 0 atom stereocenters. The molecule has 28 heavy (non-hydrogen) atoms. The summed E-state index contributed by atoms with van der Waals surface area (Å²) in [6, 6.07) is 14.9. The van der Waals surface area contributed by atoms with Gasteiger partial charge >= 0.3 is 0 Å². The summed E-state index contributed by atoms with van der Waals surface area (Å²) in [6.07, 6.45) is 3.42. The molecular formula is C21H21BrClN3O2. The van der Waals surface area contributed by atoms with Crippen LogP contribution in [0.2, 0.25) is 5.02 Å². The van der Waals surface area contributed by atoms with Crippen LogP contribution in [0.1, 0.15) is 5.56 Å². The Bertz CT molecular complexity index is 862. The Kier molecular flexibility index (Phi) is 7.25. The molecule has 146 valence electrons. The maximum atomic E-state index is 12.4. The lowest BCUT2D eigenvalue weighted by Crippen LogP contribution is -2.50. The first-order chi connectivity index (χ1) is 13.5. The van der Waals surface area contributed by atoms with E-state index in [0.29, 0.717) is 36.9 Å². The van der Waals surface area contributed by atoms with E-state index >= 15 is 0 Å². The van der Waals surface area contributed by atoms with Gasteiger partial charge in [-0.2, -0.15) is 0 Å². The molecule has 2 aromatic rings. The first-order valence-corrected chi connectivity index (χ1v) is 10.2. The number of anilines is 1. The number of para-hydroxylation sites is 1. The van der Waals surface area contributed by atoms with E-state index < -0.39 is 0 Å². The standard InChI is InChI=1S/C21H21BrClN3O2/c22-17-8-5-16(6-9-17)7-10-21(28)26-13-11-25(12-14-26)15-20(27)24-19-4-2-1-3-18(19)23/h1-10H,11-15H2,(H,24,27)/b10-7+. The van der Waals surface area contributed by atoms with Gasteiger partial charge in [0.2, 0.25) is 11.8 Å². The fourth-order valence-electron chi connectivity index (χ4n) is 2.93. The number of amides is 2. The molecule has 0 radical (unpaired) electrons. The van der Waals surface area contributed by atoms with Gasteiger partial charge in [-0.1, -0.05) is 51.8 Å². The van der Waals surface area contributed by atoms with Crippen LogP contribution in [0.25, 0.3) is 6.08 Å². The van der Waals surface area contributed by atoms with E-state index in [9.17, 15) is 9.59 Å². The second kappa shape index (κ2) is 9.87. The number of carbonyl (C=O) groups is 2. The molecule has 0 saturated carbocycles. The van der Waals surface area contributed by atoms with Gasteiger partial charge in [0.05, 0.1) is 17.3 Å². The van der Waals surface area contributed by atoms with Gasteiger partial charge in [0, 0.05) is 36.7 Å². The molecule has 2 amide bonds. The zero-order chi connectivity index (χ0) is 19.9. The molecular weight excluding hydrogens is 442 g/mol. The first-order valence-electron chi connectivity index (χ1n) is 9.00. The second-order valence-electron chi connectivity index (χ2n) is 6.51. The van der Waals surface area contributed by atoms with Gasteiger partial charge in [-0.15, -0.1) is 0 Å². The van der Waals surface area contributed by atoms with E-state index in [2.05, 4.69) is 21.2 Å². The normalized spacial score (nSPS) is 15.0. The fraction of sp³-hybridized carbons (Fsp3) is 0.238. The first kappa shape index (κ1) is 20.6. The monoisotopic (exact) mass is 461 g/mol. The summed E-state index contributed by atoms with van der Waals surface area (Å²) in [7, 11) is 0. The van der Waals surface area contributed by atoms with E-state index in [4.69, 9.17) is 11.6 Å². The average molecular weight is 463 g/mol. The van der Waals surface area contributed by atoms with E-state index in [1.165, 1.54) is 0 Å². The number of benzene rings is 2. The lowest BCUT2D eigenvalue weighted by Gasteiger charge is -2.33. The van der Waals surface area contributed by atoms with Crippen LogP contribution in [0.15, 0.2) is 59.1 Å². The highest BCUT2D eigenvalue weighted by Crippen LogP contribution is 2.20. The molecule has 5 nitrogen and oxygen atoms in total. The second-order valence-corrected chi connectivity index (χ2v) is 7.84. The molecule has 1 N–H and O–H groups in total. The van der Waals surface area contributed by atoms with E-state index in [0.717, 1.165) is 10.0 Å². The molecule has 0 aliphatic carbocycles. The van der Waals surface area contributed by atoms with Crippen molar-refractivity contribution in [3.05, 3.63) is 69.7 Å². The van der Waals surface area contributed by atoms with Crippen LogP contribution in [-0.4, -0.2) is 54.3 Å². The summed E-state index contributed by atoms with van der Waals surface area (Å²) in [5.41, 5.74) is 1.59. The Hall–Kier alpha value is -2.15. The summed E-state index contributed by atoms with van der Waals surface area (Å²) in [5.74, 6) is -0.119. The number of hydrogen-bond donors (Lipinski definition) is 1. The molecule has 0 spiro atoms. The van der Waals surface area contributed by atoms with Crippen molar-refractivity contribution in [3.63, 3.8) is 0 Å². The predicted molar refractivity (Wildman–Crippen MR) is 116 cm³/mol. The number of carbonyl (C=O) groups excluding carboxylic acids is 2. The third kappa shape index (κ3) is 5.92. The summed E-state index contributed by atoms with van der Waals surface area (Å²) >= 11 is 9.46. The topological polar surface area (TPSA) is 52.7 Å². The Morgan fingerprint density at radius 1 is 1.04 bits per heavy atom. The number of piperazine rings is 1. The molecule has 1 heterocycles. The third-order valence-corrected chi connectivity index (χ3v) is 5.35. The summed E-state index contributed by atoms with van der Waals surface area (Å²) in [4.78, 5) is 28.4. The van der Waals surface area contributed by atoms with Crippen LogP contribution in [0, 0.1) is 0 Å². The molecule has 1 fully saturated rings. The minimum atomic E-state index is -0.108. The zero-order valence-corrected chi connectivity index (χ0v) is 17.6. The van der Waals surface area contributed by atoms with Gasteiger partial charge in [-0.25, -0.2) is 0 Å². The Balaban J connectivity index is 1.44. The van der Waals surface area contributed by atoms with Gasteiger partial charge < -0.3 is 10.2 Å². The smallest absolute Gasteiger partial charge is 0.246 e.